The standard InChI is InChI=1S/2C21H23.C3H6.2ClH.Hf/c2*1-3-6-16-10-12-18(13-11-16)20-9-5-8-19-14-17(7-4-2)15-21(19)20;1-3-2;;;/h2*5,8-15H,3-4,6-7H2,1-2H3;1-3H2;2*1H;/q2*-1;-2;;;+4. The van der Waals surface area contributed by atoms with Gasteiger partial charge >= 0.3 is 25.8 Å². The van der Waals surface area contributed by atoms with Gasteiger partial charge in [-0.3, -0.25) is 0 Å². The molecular weight excluding hydrogens is 790 g/mol. The maximum absolute atomic E-state index is 3.38. The molecule has 0 aliphatic carbocycles. The van der Waals surface area contributed by atoms with Gasteiger partial charge in [0.15, 0.2) is 0 Å². The van der Waals surface area contributed by atoms with Gasteiger partial charge in [-0.2, -0.15) is 12.1 Å². The monoisotopic (exact) mass is 844 g/mol. The molecule has 3 heteroatoms. The van der Waals surface area contributed by atoms with Gasteiger partial charge in [0.25, 0.3) is 0 Å². The van der Waals surface area contributed by atoms with Crippen molar-refractivity contribution in [1.82, 2.24) is 0 Å². The van der Waals surface area contributed by atoms with Crippen molar-refractivity contribution in [1.29, 1.82) is 0 Å². The zero-order chi connectivity index (χ0) is 32.0. The Bertz CT molecular complexity index is 1590. The van der Waals surface area contributed by atoms with Gasteiger partial charge in [0.1, 0.15) is 0 Å². The van der Waals surface area contributed by atoms with Crippen molar-refractivity contribution < 1.29 is 25.8 Å². The second-order valence-electron chi connectivity index (χ2n) is 12.1. The van der Waals surface area contributed by atoms with E-state index in [-0.39, 0.29) is 50.7 Å². The van der Waals surface area contributed by atoms with Crippen molar-refractivity contribution in [3.63, 3.8) is 0 Å². The summed E-state index contributed by atoms with van der Waals surface area (Å²) >= 11 is 0. The number of benzene rings is 4. The molecule has 6 aromatic carbocycles. The number of fused-ring (bicyclic) bond motifs is 2. The first-order chi connectivity index (χ1) is 22.0. The maximum Gasteiger partial charge on any atom is 4.00 e. The smallest absolute Gasteiger partial charge is 0.372 e. The predicted molar refractivity (Wildman–Crippen MR) is 216 cm³/mol. The molecule has 0 heterocycles. The zero-order valence-corrected chi connectivity index (χ0v) is 34.7. The number of hydrogen-bond acceptors (Lipinski definition) is 0. The van der Waals surface area contributed by atoms with Gasteiger partial charge in [-0.1, -0.05) is 125 Å². The van der Waals surface area contributed by atoms with Gasteiger partial charge in [-0.15, -0.1) is 93.9 Å². The third kappa shape index (κ3) is 11.9. The van der Waals surface area contributed by atoms with Crippen LogP contribution < -0.4 is 0 Å². The molecule has 0 atom stereocenters. The van der Waals surface area contributed by atoms with E-state index in [9.17, 15) is 0 Å². The number of rotatable bonds is 10. The largest absolute Gasteiger partial charge is 4.00 e. The molecule has 0 bridgehead atoms. The SMILES string of the molecule is CCCc1ccc(-c2cccc3[cH-]c(CCC)cc23)cc1.CCCc1ccc(-c2cccc3[cH-]c(CCC)cc23)cc1.Cl.Cl.[CH2-]C[CH2-].[Hf+4]. The molecule has 6 aromatic rings. The Hall–Kier alpha value is -2.45. The summed E-state index contributed by atoms with van der Waals surface area (Å²) < 4.78 is 0. The molecule has 0 saturated carbocycles. The summed E-state index contributed by atoms with van der Waals surface area (Å²) in [4.78, 5) is 0. The van der Waals surface area contributed by atoms with Gasteiger partial charge in [-0.25, -0.2) is 0 Å². The van der Waals surface area contributed by atoms with E-state index in [4.69, 9.17) is 0 Å². The first-order valence-corrected chi connectivity index (χ1v) is 17.2. The van der Waals surface area contributed by atoms with Crippen LogP contribution in [0, 0.1) is 13.8 Å². The summed E-state index contributed by atoms with van der Waals surface area (Å²) in [5.74, 6) is 0. The van der Waals surface area contributed by atoms with Crippen LogP contribution in [0.3, 0.4) is 0 Å². The van der Waals surface area contributed by atoms with Crippen LogP contribution in [-0.4, -0.2) is 0 Å². The van der Waals surface area contributed by atoms with E-state index in [1.807, 2.05) is 0 Å². The third-order valence-electron chi connectivity index (χ3n) is 8.31. The molecule has 0 amide bonds. The molecule has 0 aliphatic heterocycles. The quantitative estimate of drug-likeness (QED) is 0.0952. The summed E-state index contributed by atoms with van der Waals surface area (Å²) in [5, 5.41) is 5.52. The first-order valence-electron chi connectivity index (χ1n) is 17.2. The van der Waals surface area contributed by atoms with Crippen molar-refractivity contribution in [2.45, 2.75) is 85.5 Å². The van der Waals surface area contributed by atoms with Crippen LogP contribution in [0.15, 0.2) is 109 Å². The first kappa shape index (κ1) is 43.6. The molecule has 0 fully saturated rings. The molecule has 48 heavy (non-hydrogen) atoms. The van der Waals surface area contributed by atoms with Crippen molar-refractivity contribution in [3.05, 3.63) is 145 Å². The molecule has 0 radical (unpaired) electrons. The fourth-order valence-corrected chi connectivity index (χ4v) is 6.24. The molecule has 0 nitrogen and oxygen atoms in total. The van der Waals surface area contributed by atoms with Gasteiger partial charge in [0, 0.05) is 0 Å². The van der Waals surface area contributed by atoms with Crippen LogP contribution in [-0.2, 0) is 51.5 Å². The molecule has 0 unspecified atom stereocenters. The minimum atomic E-state index is 0. The van der Waals surface area contributed by atoms with Crippen molar-refractivity contribution in [2.75, 3.05) is 0 Å². The van der Waals surface area contributed by atoms with Crippen LogP contribution in [0.25, 0.3) is 43.8 Å². The van der Waals surface area contributed by atoms with Gasteiger partial charge in [-0.05, 0) is 47.9 Å². The van der Waals surface area contributed by atoms with E-state index in [1.165, 1.54) is 117 Å². The van der Waals surface area contributed by atoms with Gasteiger partial charge in [0.2, 0.25) is 0 Å². The summed E-state index contributed by atoms with van der Waals surface area (Å²) in [7, 11) is 0. The van der Waals surface area contributed by atoms with Crippen LogP contribution in [0.2, 0.25) is 0 Å². The van der Waals surface area contributed by atoms with Crippen LogP contribution >= 0.6 is 24.8 Å². The number of hydrogen-bond donors (Lipinski definition) is 0. The maximum atomic E-state index is 3.38. The Morgan fingerprint density at radius 2 is 0.812 bits per heavy atom. The van der Waals surface area contributed by atoms with Gasteiger partial charge in [0.05, 0.1) is 0 Å². The molecule has 0 N–H and O–H groups in total. The average molecular weight is 844 g/mol. The second kappa shape index (κ2) is 23.0. The van der Waals surface area contributed by atoms with E-state index >= 15 is 0 Å². The summed E-state index contributed by atoms with van der Waals surface area (Å²) in [6.45, 7) is 15.7. The number of aryl methyl sites for hydroxylation is 4. The summed E-state index contributed by atoms with van der Waals surface area (Å²) in [5.41, 5.74) is 11.2. The molecule has 0 saturated heterocycles. The topological polar surface area (TPSA) is 0 Å². The van der Waals surface area contributed by atoms with Crippen LogP contribution in [0.4, 0.5) is 0 Å². The minimum Gasteiger partial charge on any atom is -0.372 e. The number of halogens is 2. The molecule has 6 rings (SSSR count). The Morgan fingerprint density at radius 1 is 0.479 bits per heavy atom. The van der Waals surface area contributed by atoms with E-state index in [0.29, 0.717) is 0 Å². The molecular formula is C45H54Cl2Hf. The van der Waals surface area contributed by atoms with Crippen molar-refractivity contribution >= 4 is 46.4 Å². The third-order valence-corrected chi connectivity index (χ3v) is 8.31. The minimum absolute atomic E-state index is 0. The normalized spacial score (nSPS) is 10.1. The Balaban J connectivity index is 0.000000420. The van der Waals surface area contributed by atoms with E-state index in [1.54, 1.807) is 0 Å². The summed E-state index contributed by atoms with van der Waals surface area (Å²) in [6.07, 6.45) is 10.3. The Morgan fingerprint density at radius 3 is 1.12 bits per heavy atom. The Kier molecular flexibility index (Phi) is 20.9. The molecule has 252 valence electrons. The van der Waals surface area contributed by atoms with E-state index in [0.717, 1.165) is 6.42 Å². The molecule has 0 aromatic heterocycles. The van der Waals surface area contributed by atoms with Crippen molar-refractivity contribution in [3.8, 4) is 22.3 Å². The molecule has 0 aliphatic rings. The van der Waals surface area contributed by atoms with Crippen LogP contribution in [0.5, 0.6) is 0 Å². The molecule has 0 spiro atoms. The van der Waals surface area contributed by atoms with Crippen molar-refractivity contribution in [2.24, 2.45) is 0 Å². The van der Waals surface area contributed by atoms with E-state index in [2.05, 4.69) is 151 Å². The van der Waals surface area contributed by atoms with Crippen LogP contribution in [0.1, 0.15) is 82.1 Å². The van der Waals surface area contributed by atoms with E-state index < -0.39 is 0 Å². The van der Waals surface area contributed by atoms with Gasteiger partial charge < -0.3 is 20.3 Å². The zero-order valence-electron chi connectivity index (χ0n) is 29.5. The average Bonchev–Trinajstić information content (AvgIpc) is 3.67. The summed E-state index contributed by atoms with van der Waals surface area (Å²) in [6, 6.07) is 40.9. The second-order valence-corrected chi connectivity index (χ2v) is 12.1. The fourth-order valence-electron chi connectivity index (χ4n) is 6.24. The Labute approximate surface area is 323 Å². The predicted octanol–water partition coefficient (Wildman–Crippen LogP) is 14.1. The fraction of sp³-hybridized carbons (Fsp3) is 0.289.